The summed E-state index contributed by atoms with van der Waals surface area (Å²) < 4.78 is 16.8. The summed E-state index contributed by atoms with van der Waals surface area (Å²) in [6.45, 7) is 6.53. The molecule has 0 bridgehead atoms. The first-order chi connectivity index (χ1) is 33.5. The first kappa shape index (κ1) is 64.8. The molecule has 0 amide bonds. The van der Waals surface area contributed by atoms with Gasteiger partial charge in [0.15, 0.2) is 6.10 Å². The molecule has 0 spiro atoms. The lowest BCUT2D eigenvalue weighted by Gasteiger charge is -2.18. The Labute approximate surface area is 421 Å². The number of carbonyl (C=O) groups excluding carboxylic acids is 3. The van der Waals surface area contributed by atoms with E-state index in [0.29, 0.717) is 19.3 Å². The molecule has 0 aliphatic heterocycles. The number of carbonyl (C=O) groups is 3. The summed E-state index contributed by atoms with van der Waals surface area (Å²) in [5.74, 6) is -0.882. The summed E-state index contributed by atoms with van der Waals surface area (Å²) in [6.07, 6.45) is 71.8. The summed E-state index contributed by atoms with van der Waals surface area (Å²) in [4.78, 5) is 38.1. The maximum absolute atomic E-state index is 12.8. The summed E-state index contributed by atoms with van der Waals surface area (Å²) >= 11 is 0. The second-order valence-electron chi connectivity index (χ2n) is 19.2. The molecule has 0 rings (SSSR count). The second kappa shape index (κ2) is 56.4. The molecular weight excluding hydrogens is 841 g/mol. The van der Waals surface area contributed by atoms with Gasteiger partial charge in [-0.15, -0.1) is 0 Å². The van der Waals surface area contributed by atoms with E-state index in [4.69, 9.17) is 14.2 Å². The fourth-order valence-corrected chi connectivity index (χ4v) is 8.15. The van der Waals surface area contributed by atoms with Crippen LogP contribution in [-0.2, 0) is 28.6 Å². The number of unbranched alkanes of at least 4 members (excludes halogenated alkanes) is 29. The minimum absolute atomic E-state index is 0.0762. The Kier molecular flexibility index (Phi) is 53.8. The van der Waals surface area contributed by atoms with E-state index in [1.165, 1.54) is 141 Å². The van der Waals surface area contributed by atoms with Crippen LogP contribution in [0.25, 0.3) is 0 Å². The summed E-state index contributed by atoms with van der Waals surface area (Å²) in [5, 5.41) is 0. The molecule has 6 nitrogen and oxygen atoms in total. The van der Waals surface area contributed by atoms with Crippen LogP contribution in [0.5, 0.6) is 0 Å². The maximum Gasteiger partial charge on any atom is 0.306 e. The van der Waals surface area contributed by atoms with Crippen molar-refractivity contribution in [2.75, 3.05) is 13.2 Å². The fourth-order valence-electron chi connectivity index (χ4n) is 8.15. The van der Waals surface area contributed by atoms with Crippen LogP contribution in [0, 0.1) is 0 Å². The number of hydrogen-bond acceptors (Lipinski definition) is 6. The quantitative estimate of drug-likeness (QED) is 0.0262. The highest BCUT2D eigenvalue weighted by Gasteiger charge is 2.19. The topological polar surface area (TPSA) is 78.9 Å². The number of allylic oxidation sites excluding steroid dienone is 12. The van der Waals surface area contributed by atoms with Crippen molar-refractivity contribution in [1.29, 1.82) is 0 Å². The van der Waals surface area contributed by atoms with Crippen LogP contribution in [0.1, 0.15) is 284 Å². The van der Waals surface area contributed by atoms with E-state index in [9.17, 15) is 14.4 Å². The third kappa shape index (κ3) is 53.8. The maximum atomic E-state index is 12.8. The van der Waals surface area contributed by atoms with Gasteiger partial charge < -0.3 is 14.2 Å². The van der Waals surface area contributed by atoms with Crippen molar-refractivity contribution in [3.63, 3.8) is 0 Å². The zero-order valence-corrected chi connectivity index (χ0v) is 44.9. The molecule has 0 N–H and O–H groups in total. The lowest BCUT2D eigenvalue weighted by Crippen LogP contribution is -2.30. The Bertz CT molecular complexity index is 1270. The summed E-state index contributed by atoms with van der Waals surface area (Å²) in [5.41, 5.74) is 0. The molecule has 0 heterocycles. The van der Waals surface area contributed by atoms with E-state index in [1.54, 1.807) is 0 Å². The molecule has 1 unspecified atom stereocenters. The molecule has 0 aromatic heterocycles. The van der Waals surface area contributed by atoms with E-state index in [2.05, 4.69) is 93.7 Å². The number of hydrogen-bond donors (Lipinski definition) is 0. The van der Waals surface area contributed by atoms with Gasteiger partial charge in [0, 0.05) is 19.3 Å². The fraction of sp³-hybridized carbons (Fsp3) is 0.758. The summed E-state index contributed by atoms with van der Waals surface area (Å²) in [7, 11) is 0. The van der Waals surface area contributed by atoms with Crippen molar-refractivity contribution in [3.05, 3.63) is 72.9 Å². The van der Waals surface area contributed by atoms with E-state index in [0.717, 1.165) is 103 Å². The van der Waals surface area contributed by atoms with E-state index < -0.39 is 6.10 Å². The first-order valence-corrected chi connectivity index (χ1v) is 28.9. The number of esters is 3. The predicted octanol–water partition coefficient (Wildman–Crippen LogP) is 19.4. The molecule has 0 aromatic rings. The largest absolute Gasteiger partial charge is 0.462 e. The zero-order valence-electron chi connectivity index (χ0n) is 44.9. The van der Waals surface area contributed by atoms with Crippen LogP contribution in [0.15, 0.2) is 72.9 Å². The zero-order chi connectivity index (χ0) is 49.3. The highest BCUT2D eigenvalue weighted by atomic mass is 16.6. The normalized spacial score (nSPS) is 12.6. The van der Waals surface area contributed by atoms with Crippen molar-refractivity contribution in [2.45, 2.75) is 290 Å². The van der Waals surface area contributed by atoms with Crippen LogP contribution < -0.4 is 0 Å². The Morgan fingerprint density at radius 2 is 0.574 bits per heavy atom. The molecule has 6 heteroatoms. The van der Waals surface area contributed by atoms with Crippen LogP contribution in [0.2, 0.25) is 0 Å². The molecule has 0 aromatic carbocycles. The minimum atomic E-state index is -0.777. The molecule has 0 radical (unpaired) electrons. The predicted molar refractivity (Wildman–Crippen MR) is 293 cm³/mol. The first-order valence-electron chi connectivity index (χ1n) is 28.9. The molecular formula is C62H108O6. The van der Waals surface area contributed by atoms with Gasteiger partial charge in [-0.05, 0) is 70.6 Å². The van der Waals surface area contributed by atoms with E-state index in [1.807, 2.05) is 0 Å². The van der Waals surface area contributed by atoms with Crippen molar-refractivity contribution >= 4 is 17.9 Å². The van der Waals surface area contributed by atoms with Crippen molar-refractivity contribution < 1.29 is 28.6 Å². The van der Waals surface area contributed by atoms with Crippen LogP contribution >= 0.6 is 0 Å². The SMILES string of the molecule is CC/C=C\C/C=C\C/C=C\C/C=C\C/C=C\C/C=C\CCCCCCCCC(=O)OCC(COC(=O)CCCCCCCCCCCCC)OC(=O)CCCCCCCCCCCCCCCC. The van der Waals surface area contributed by atoms with Gasteiger partial charge in [0.25, 0.3) is 0 Å². The molecule has 0 fully saturated rings. The average molecular weight is 950 g/mol. The Morgan fingerprint density at radius 3 is 0.897 bits per heavy atom. The molecule has 0 saturated carbocycles. The average Bonchev–Trinajstić information content (AvgIpc) is 3.34. The third-order valence-electron chi connectivity index (χ3n) is 12.5. The lowest BCUT2D eigenvalue weighted by molar-refractivity contribution is -0.167. The Morgan fingerprint density at radius 1 is 0.309 bits per heavy atom. The van der Waals surface area contributed by atoms with Gasteiger partial charge in [0.2, 0.25) is 0 Å². The summed E-state index contributed by atoms with van der Waals surface area (Å²) in [6, 6.07) is 0. The minimum Gasteiger partial charge on any atom is -0.462 e. The van der Waals surface area contributed by atoms with Crippen LogP contribution in [0.4, 0.5) is 0 Å². The van der Waals surface area contributed by atoms with Gasteiger partial charge in [-0.25, -0.2) is 0 Å². The monoisotopic (exact) mass is 949 g/mol. The second-order valence-corrected chi connectivity index (χ2v) is 19.2. The van der Waals surface area contributed by atoms with Gasteiger partial charge in [-0.3, -0.25) is 14.4 Å². The van der Waals surface area contributed by atoms with Crippen LogP contribution in [-0.4, -0.2) is 37.2 Å². The Hall–Kier alpha value is -3.15. The van der Waals surface area contributed by atoms with E-state index in [-0.39, 0.29) is 31.1 Å². The highest BCUT2D eigenvalue weighted by Crippen LogP contribution is 2.16. The third-order valence-corrected chi connectivity index (χ3v) is 12.5. The standard InChI is InChI=1S/C62H108O6/c1-4-7-10-13-16-19-22-24-26-27-28-29-30-31-32-33-34-35-36-38-40-43-46-49-52-55-61(64)67-58-59(57-66-60(63)54-51-48-45-42-39-21-18-15-12-9-6-3)68-62(65)56-53-50-47-44-41-37-25-23-20-17-14-11-8-5-2/h7,10,16,19,24,26,28-29,31-32,34-35,59H,4-6,8-9,11-15,17-18,20-23,25,27,30,33,36-58H2,1-3H3/b10-7-,19-16-,26-24-,29-28-,32-31-,35-34-. The molecule has 0 saturated heterocycles. The van der Waals surface area contributed by atoms with E-state index >= 15 is 0 Å². The molecule has 0 aliphatic carbocycles. The van der Waals surface area contributed by atoms with Gasteiger partial charge in [0.1, 0.15) is 13.2 Å². The van der Waals surface area contributed by atoms with Crippen LogP contribution in [0.3, 0.4) is 0 Å². The van der Waals surface area contributed by atoms with Gasteiger partial charge in [-0.1, -0.05) is 267 Å². The molecule has 392 valence electrons. The smallest absolute Gasteiger partial charge is 0.306 e. The molecule has 68 heavy (non-hydrogen) atoms. The van der Waals surface area contributed by atoms with Crippen molar-refractivity contribution in [1.82, 2.24) is 0 Å². The number of ether oxygens (including phenoxy) is 3. The lowest BCUT2D eigenvalue weighted by atomic mass is 10.0. The molecule has 1 atom stereocenters. The highest BCUT2D eigenvalue weighted by molar-refractivity contribution is 5.71. The van der Waals surface area contributed by atoms with Crippen molar-refractivity contribution in [3.8, 4) is 0 Å². The Balaban J connectivity index is 4.30. The number of rotatable bonds is 52. The van der Waals surface area contributed by atoms with Gasteiger partial charge in [-0.2, -0.15) is 0 Å². The van der Waals surface area contributed by atoms with Gasteiger partial charge in [0.05, 0.1) is 0 Å². The van der Waals surface area contributed by atoms with Gasteiger partial charge >= 0.3 is 17.9 Å². The van der Waals surface area contributed by atoms with Crippen molar-refractivity contribution in [2.24, 2.45) is 0 Å². The molecule has 0 aliphatic rings.